The third-order valence-electron chi connectivity index (χ3n) is 3.98. The van der Waals surface area contributed by atoms with Gasteiger partial charge in [0, 0.05) is 19.2 Å². The van der Waals surface area contributed by atoms with Crippen molar-refractivity contribution in [1.29, 1.82) is 0 Å². The Balaban J connectivity index is 1.87. The maximum atomic E-state index is 11.3. The lowest BCUT2D eigenvalue weighted by Crippen LogP contribution is -2.34. The van der Waals surface area contributed by atoms with E-state index in [1.165, 1.54) is 0 Å². The van der Waals surface area contributed by atoms with E-state index < -0.39 is 0 Å². The molecule has 1 aromatic carbocycles. The Hall–Kier alpha value is -2.44. The van der Waals surface area contributed by atoms with Crippen molar-refractivity contribution in [2.75, 3.05) is 18.0 Å². The van der Waals surface area contributed by atoms with Gasteiger partial charge in [0.25, 0.3) is 5.69 Å². The fourth-order valence-electron chi connectivity index (χ4n) is 2.92. The van der Waals surface area contributed by atoms with Gasteiger partial charge in [-0.25, -0.2) is 0 Å². The fraction of sp³-hybridized carbons (Fsp3) is 0.467. The molecule has 0 radical (unpaired) electrons. The average molecular weight is 302 g/mol. The Morgan fingerprint density at radius 2 is 2.23 bits per heavy atom. The minimum absolute atomic E-state index is 0.121. The van der Waals surface area contributed by atoms with Gasteiger partial charge in [0.05, 0.1) is 10.8 Å². The van der Waals surface area contributed by atoms with Crippen LogP contribution in [0.2, 0.25) is 0 Å². The lowest BCUT2D eigenvalue weighted by atomic mass is 9.97. The van der Waals surface area contributed by atoms with Crippen LogP contribution in [0.3, 0.4) is 0 Å². The summed E-state index contributed by atoms with van der Waals surface area (Å²) in [7, 11) is 0. The smallest absolute Gasteiger partial charge is 0.292 e. The van der Waals surface area contributed by atoms with Gasteiger partial charge in [-0.3, -0.25) is 10.1 Å². The van der Waals surface area contributed by atoms with Crippen molar-refractivity contribution >= 4 is 11.4 Å². The van der Waals surface area contributed by atoms with Gasteiger partial charge in [-0.2, -0.15) is 4.98 Å². The first-order valence-electron chi connectivity index (χ1n) is 7.35. The number of benzene rings is 1. The van der Waals surface area contributed by atoms with Gasteiger partial charge in [0.2, 0.25) is 5.89 Å². The molecule has 1 aromatic heterocycles. The number of anilines is 1. The lowest BCUT2D eigenvalue weighted by Gasteiger charge is -2.32. The molecular formula is C15H18N4O3. The molecule has 1 aliphatic rings. The highest BCUT2D eigenvalue weighted by Gasteiger charge is 2.29. The van der Waals surface area contributed by atoms with Crippen molar-refractivity contribution in [1.82, 2.24) is 10.1 Å². The topological polar surface area (TPSA) is 85.3 Å². The van der Waals surface area contributed by atoms with Crippen molar-refractivity contribution in [2.24, 2.45) is 0 Å². The number of rotatable bonds is 3. The molecule has 2 heterocycles. The van der Waals surface area contributed by atoms with E-state index in [4.69, 9.17) is 4.52 Å². The van der Waals surface area contributed by atoms with E-state index in [0.29, 0.717) is 23.9 Å². The molecule has 0 saturated carbocycles. The summed E-state index contributed by atoms with van der Waals surface area (Å²) in [5, 5.41) is 15.1. The molecule has 7 heteroatoms. The summed E-state index contributed by atoms with van der Waals surface area (Å²) in [5.41, 5.74) is 1.70. The molecule has 1 unspecified atom stereocenters. The van der Waals surface area contributed by atoms with Crippen LogP contribution >= 0.6 is 0 Å². The summed E-state index contributed by atoms with van der Waals surface area (Å²) < 4.78 is 5.26. The average Bonchev–Trinajstić information content (AvgIpc) is 2.94. The zero-order chi connectivity index (χ0) is 15.7. The zero-order valence-electron chi connectivity index (χ0n) is 12.7. The Morgan fingerprint density at radius 1 is 1.41 bits per heavy atom. The van der Waals surface area contributed by atoms with Gasteiger partial charge in [-0.15, -0.1) is 0 Å². The third kappa shape index (κ3) is 2.79. The van der Waals surface area contributed by atoms with E-state index >= 15 is 0 Å². The molecule has 3 rings (SSSR count). The number of aryl methyl sites for hydroxylation is 2. The maximum Gasteiger partial charge on any atom is 0.292 e. The molecule has 1 atom stereocenters. The van der Waals surface area contributed by atoms with Crippen LogP contribution in [0.25, 0.3) is 0 Å². The SMILES string of the molecule is Cc1ccc(N2CCCC(c3nc(C)no3)C2)c([N+](=O)[O-])c1. The second-order valence-electron chi connectivity index (χ2n) is 5.71. The minimum Gasteiger partial charge on any atom is -0.365 e. The van der Waals surface area contributed by atoms with Gasteiger partial charge < -0.3 is 9.42 Å². The van der Waals surface area contributed by atoms with E-state index in [9.17, 15) is 10.1 Å². The van der Waals surface area contributed by atoms with Crippen molar-refractivity contribution in [3.05, 3.63) is 45.6 Å². The van der Waals surface area contributed by atoms with Crippen LogP contribution in [-0.2, 0) is 0 Å². The van der Waals surface area contributed by atoms with E-state index in [2.05, 4.69) is 10.1 Å². The molecule has 116 valence electrons. The predicted octanol–water partition coefficient (Wildman–Crippen LogP) is 2.98. The number of hydrogen-bond donors (Lipinski definition) is 0. The highest BCUT2D eigenvalue weighted by atomic mass is 16.6. The Morgan fingerprint density at radius 3 is 2.91 bits per heavy atom. The van der Waals surface area contributed by atoms with Gasteiger partial charge in [0.15, 0.2) is 5.82 Å². The number of nitrogens with zero attached hydrogens (tertiary/aromatic N) is 4. The first-order chi connectivity index (χ1) is 10.5. The molecule has 7 nitrogen and oxygen atoms in total. The van der Waals surface area contributed by atoms with Crippen molar-refractivity contribution in [3.8, 4) is 0 Å². The second kappa shape index (κ2) is 5.75. The normalized spacial score (nSPS) is 18.5. The summed E-state index contributed by atoms with van der Waals surface area (Å²) in [4.78, 5) is 17.3. The first kappa shape index (κ1) is 14.5. The number of nitro benzene ring substituents is 1. The minimum atomic E-state index is -0.317. The molecule has 1 aliphatic heterocycles. The molecule has 1 fully saturated rings. The fourth-order valence-corrected chi connectivity index (χ4v) is 2.92. The summed E-state index contributed by atoms with van der Waals surface area (Å²) in [6.45, 7) is 5.11. The zero-order valence-corrected chi connectivity index (χ0v) is 12.7. The van der Waals surface area contributed by atoms with Gasteiger partial charge >= 0.3 is 0 Å². The number of nitro groups is 1. The molecule has 2 aromatic rings. The summed E-state index contributed by atoms with van der Waals surface area (Å²) in [5.74, 6) is 1.36. The molecule has 1 saturated heterocycles. The van der Waals surface area contributed by atoms with E-state index in [-0.39, 0.29) is 16.5 Å². The molecule has 0 spiro atoms. The Bertz CT molecular complexity index is 698. The van der Waals surface area contributed by atoms with E-state index in [1.54, 1.807) is 13.0 Å². The van der Waals surface area contributed by atoms with Crippen LogP contribution < -0.4 is 4.90 Å². The van der Waals surface area contributed by atoms with E-state index in [1.807, 2.05) is 24.0 Å². The highest BCUT2D eigenvalue weighted by molar-refractivity contribution is 5.64. The Labute approximate surface area is 128 Å². The van der Waals surface area contributed by atoms with Crippen molar-refractivity contribution in [3.63, 3.8) is 0 Å². The monoisotopic (exact) mass is 302 g/mol. The summed E-state index contributed by atoms with van der Waals surface area (Å²) in [6, 6.07) is 5.35. The standard InChI is InChI=1S/C15H18N4O3/c1-10-5-6-13(14(8-10)19(20)21)18-7-3-4-12(9-18)15-16-11(2)17-22-15/h5-6,8,12H,3-4,7,9H2,1-2H3. The van der Waals surface area contributed by atoms with E-state index in [0.717, 1.165) is 24.9 Å². The molecule has 0 aliphatic carbocycles. The van der Waals surface area contributed by atoms with Crippen molar-refractivity contribution in [2.45, 2.75) is 32.6 Å². The third-order valence-corrected chi connectivity index (χ3v) is 3.98. The summed E-state index contributed by atoms with van der Waals surface area (Å²) >= 11 is 0. The van der Waals surface area contributed by atoms with Crippen LogP contribution in [0, 0.1) is 24.0 Å². The molecular weight excluding hydrogens is 284 g/mol. The Kier molecular flexibility index (Phi) is 3.79. The van der Waals surface area contributed by atoms with Gasteiger partial charge in [-0.1, -0.05) is 11.2 Å². The van der Waals surface area contributed by atoms with Crippen molar-refractivity contribution < 1.29 is 9.45 Å². The largest absolute Gasteiger partial charge is 0.365 e. The van der Waals surface area contributed by atoms with Crippen LogP contribution in [0.5, 0.6) is 0 Å². The maximum absolute atomic E-state index is 11.3. The van der Waals surface area contributed by atoms with Crippen LogP contribution in [0.1, 0.15) is 36.0 Å². The van der Waals surface area contributed by atoms with Gasteiger partial charge in [0.1, 0.15) is 5.69 Å². The molecule has 0 N–H and O–H groups in total. The molecule has 22 heavy (non-hydrogen) atoms. The van der Waals surface area contributed by atoms with Crippen LogP contribution in [-0.4, -0.2) is 28.2 Å². The number of hydrogen-bond acceptors (Lipinski definition) is 6. The second-order valence-corrected chi connectivity index (χ2v) is 5.71. The number of piperidine rings is 1. The predicted molar refractivity (Wildman–Crippen MR) is 81.1 cm³/mol. The van der Waals surface area contributed by atoms with Crippen LogP contribution in [0.4, 0.5) is 11.4 Å². The number of aromatic nitrogens is 2. The molecule has 0 amide bonds. The first-order valence-corrected chi connectivity index (χ1v) is 7.35. The van der Waals surface area contributed by atoms with Gasteiger partial charge in [-0.05, 0) is 38.3 Å². The molecule has 0 bridgehead atoms. The quantitative estimate of drug-likeness (QED) is 0.640. The highest BCUT2D eigenvalue weighted by Crippen LogP contribution is 2.34. The van der Waals surface area contributed by atoms with Crippen LogP contribution in [0.15, 0.2) is 22.7 Å². The lowest BCUT2D eigenvalue weighted by molar-refractivity contribution is -0.384. The summed E-state index contributed by atoms with van der Waals surface area (Å²) in [6.07, 6.45) is 1.90.